The molecule has 1 aromatic heterocycles. The van der Waals surface area contributed by atoms with Crippen LogP contribution in [0.15, 0.2) is 83.6 Å². The van der Waals surface area contributed by atoms with Crippen molar-refractivity contribution in [3.05, 3.63) is 106 Å². The van der Waals surface area contributed by atoms with Crippen molar-refractivity contribution >= 4 is 28.0 Å². The number of amides is 1. The Morgan fingerprint density at radius 3 is 2.37 bits per heavy atom. The first-order chi connectivity index (χ1) is 18.4. The van der Waals surface area contributed by atoms with Gasteiger partial charge in [-0.25, -0.2) is 9.59 Å². The van der Waals surface area contributed by atoms with E-state index in [2.05, 4.69) is 38.5 Å². The average molecular weight is 576 g/mol. The van der Waals surface area contributed by atoms with Crippen LogP contribution in [0.2, 0.25) is 0 Å². The van der Waals surface area contributed by atoms with Crippen LogP contribution in [0.5, 0.6) is 5.75 Å². The van der Waals surface area contributed by atoms with Gasteiger partial charge in [0.25, 0.3) is 0 Å². The number of benzene rings is 3. The molecular formula is C29H26BrN3O5. The van der Waals surface area contributed by atoms with Gasteiger partial charge in [0.2, 0.25) is 0 Å². The van der Waals surface area contributed by atoms with Crippen LogP contribution in [-0.2, 0) is 22.5 Å². The van der Waals surface area contributed by atoms with Crippen LogP contribution in [0, 0.1) is 0 Å². The summed E-state index contributed by atoms with van der Waals surface area (Å²) in [5.74, 6) is -0.591. The summed E-state index contributed by atoms with van der Waals surface area (Å²) < 4.78 is 13.6. The lowest BCUT2D eigenvalue weighted by Gasteiger charge is -2.18. The maximum absolute atomic E-state index is 12.7. The highest BCUT2D eigenvalue weighted by molar-refractivity contribution is 9.10. The van der Waals surface area contributed by atoms with E-state index < -0.39 is 18.1 Å². The molecule has 0 fully saturated rings. The second-order valence-electron chi connectivity index (χ2n) is 9.07. The molecule has 0 radical (unpaired) electrons. The predicted molar refractivity (Wildman–Crippen MR) is 145 cm³/mol. The molecule has 0 bridgehead atoms. The number of ether oxygens (including phenoxy) is 2. The van der Waals surface area contributed by atoms with E-state index in [1.807, 2.05) is 48.7 Å². The Bertz CT molecular complexity index is 1440. The molecule has 0 aliphatic heterocycles. The summed E-state index contributed by atoms with van der Waals surface area (Å²) in [6.07, 6.45) is 2.84. The van der Waals surface area contributed by atoms with Crippen LogP contribution in [-0.4, -0.2) is 46.7 Å². The molecule has 1 unspecified atom stereocenters. The highest BCUT2D eigenvalue weighted by Crippen LogP contribution is 2.44. The number of hydrogen-bond acceptors (Lipinski definition) is 5. The minimum Gasteiger partial charge on any atom is -0.496 e. The smallest absolute Gasteiger partial charge is 0.407 e. The van der Waals surface area contributed by atoms with Crippen molar-refractivity contribution in [2.75, 3.05) is 13.7 Å². The van der Waals surface area contributed by atoms with E-state index in [4.69, 9.17) is 9.47 Å². The standard InChI is InChI=1S/C29H26BrN3O5/c1-37-27-11-10-18(12-19(27)15-33-16-20(30)14-31-33)13-26(28(34)35)32-29(36)38-17-25-23-8-4-2-6-21(23)22-7-3-5-9-24(22)25/h2-12,14,16,25-26H,13,15,17H2,1H3,(H,32,36)(H,34,35). The molecule has 9 heteroatoms. The zero-order chi connectivity index (χ0) is 26.6. The maximum atomic E-state index is 12.7. The fourth-order valence-corrected chi connectivity index (χ4v) is 5.23. The van der Waals surface area contributed by atoms with Crippen molar-refractivity contribution in [3.8, 4) is 16.9 Å². The maximum Gasteiger partial charge on any atom is 0.407 e. The number of carboxylic acid groups (broad SMARTS) is 1. The van der Waals surface area contributed by atoms with Crippen LogP contribution < -0.4 is 10.1 Å². The minimum absolute atomic E-state index is 0.0827. The van der Waals surface area contributed by atoms with Gasteiger partial charge in [0.1, 0.15) is 18.4 Å². The molecule has 1 amide bonds. The Kier molecular flexibility index (Phi) is 7.46. The number of rotatable bonds is 9. The van der Waals surface area contributed by atoms with Gasteiger partial charge in [-0.3, -0.25) is 4.68 Å². The van der Waals surface area contributed by atoms with E-state index in [0.717, 1.165) is 37.9 Å². The quantitative estimate of drug-likeness (QED) is 0.283. The normalized spacial score (nSPS) is 12.9. The molecule has 8 nitrogen and oxygen atoms in total. The first-order valence-corrected chi connectivity index (χ1v) is 12.9. The van der Waals surface area contributed by atoms with E-state index in [0.29, 0.717) is 12.3 Å². The molecule has 2 N–H and O–H groups in total. The Balaban J connectivity index is 1.26. The van der Waals surface area contributed by atoms with Crippen LogP contribution in [0.4, 0.5) is 4.79 Å². The average Bonchev–Trinajstić information content (AvgIpc) is 3.47. The van der Waals surface area contributed by atoms with Crippen molar-refractivity contribution in [3.63, 3.8) is 0 Å². The van der Waals surface area contributed by atoms with Crippen LogP contribution in [0.1, 0.15) is 28.2 Å². The number of alkyl carbamates (subject to hydrolysis) is 1. The molecular weight excluding hydrogens is 550 g/mol. The fourth-order valence-electron chi connectivity index (χ4n) is 4.90. The summed E-state index contributed by atoms with van der Waals surface area (Å²) in [6.45, 7) is 0.554. The number of carbonyl (C=O) groups excluding carboxylic acids is 1. The van der Waals surface area contributed by atoms with Gasteiger partial charge in [0.05, 0.1) is 24.3 Å². The van der Waals surface area contributed by atoms with Gasteiger partial charge in [0.15, 0.2) is 0 Å². The molecule has 1 atom stereocenters. The Morgan fingerprint density at radius 1 is 1.08 bits per heavy atom. The lowest BCUT2D eigenvalue weighted by Crippen LogP contribution is -2.42. The second-order valence-corrected chi connectivity index (χ2v) is 9.98. The molecule has 1 aliphatic carbocycles. The van der Waals surface area contributed by atoms with E-state index >= 15 is 0 Å². The second kappa shape index (κ2) is 11.1. The molecule has 1 aliphatic rings. The third-order valence-corrected chi connectivity index (χ3v) is 7.06. The van der Waals surface area contributed by atoms with Gasteiger partial charge in [-0.1, -0.05) is 60.7 Å². The molecule has 0 saturated heterocycles. The molecule has 4 aromatic rings. The van der Waals surface area contributed by atoms with Gasteiger partial charge >= 0.3 is 12.1 Å². The van der Waals surface area contributed by atoms with Crippen molar-refractivity contribution in [2.24, 2.45) is 0 Å². The number of aliphatic carboxylic acids is 1. The topological polar surface area (TPSA) is 103 Å². The van der Waals surface area contributed by atoms with Crippen molar-refractivity contribution < 1.29 is 24.2 Å². The first-order valence-electron chi connectivity index (χ1n) is 12.1. The molecule has 0 spiro atoms. The number of methoxy groups -OCH3 is 1. The summed E-state index contributed by atoms with van der Waals surface area (Å²) in [7, 11) is 1.58. The predicted octanol–water partition coefficient (Wildman–Crippen LogP) is 5.24. The minimum atomic E-state index is -1.16. The Hall–Kier alpha value is -4.11. The molecule has 38 heavy (non-hydrogen) atoms. The van der Waals surface area contributed by atoms with Crippen LogP contribution in [0.3, 0.4) is 0 Å². The van der Waals surface area contributed by atoms with E-state index in [9.17, 15) is 14.7 Å². The van der Waals surface area contributed by atoms with Gasteiger partial charge in [0, 0.05) is 24.1 Å². The van der Waals surface area contributed by atoms with E-state index in [-0.39, 0.29) is 18.9 Å². The zero-order valence-electron chi connectivity index (χ0n) is 20.6. The zero-order valence-corrected chi connectivity index (χ0v) is 22.2. The molecule has 194 valence electrons. The number of fused-ring (bicyclic) bond motifs is 3. The van der Waals surface area contributed by atoms with E-state index in [1.54, 1.807) is 30.1 Å². The monoisotopic (exact) mass is 575 g/mol. The molecule has 1 heterocycles. The largest absolute Gasteiger partial charge is 0.496 e. The lowest BCUT2D eigenvalue weighted by molar-refractivity contribution is -0.139. The van der Waals surface area contributed by atoms with Crippen molar-refractivity contribution in [1.29, 1.82) is 0 Å². The highest BCUT2D eigenvalue weighted by Gasteiger charge is 2.30. The van der Waals surface area contributed by atoms with Crippen LogP contribution in [0.25, 0.3) is 11.1 Å². The summed E-state index contributed by atoms with van der Waals surface area (Å²) in [5, 5.41) is 16.6. The molecule has 5 rings (SSSR count). The lowest BCUT2D eigenvalue weighted by atomic mass is 9.98. The number of aromatic nitrogens is 2. The van der Waals surface area contributed by atoms with Gasteiger partial charge in [-0.15, -0.1) is 0 Å². The first kappa shape index (κ1) is 25.5. The highest BCUT2D eigenvalue weighted by atomic mass is 79.9. The Labute approximate surface area is 228 Å². The van der Waals surface area contributed by atoms with Crippen molar-refractivity contribution in [1.82, 2.24) is 15.1 Å². The number of carboxylic acids is 1. The molecule has 3 aromatic carbocycles. The van der Waals surface area contributed by atoms with Gasteiger partial charge in [-0.2, -0.15) is 5.10 Å². The van der Waals surface area contributed by atoms with E-state index in [1.165, 1.54) is 0 Å². The number of nitrogens with zero attached hydrogens (tertiary/aromatic N) is 2. The number of nitrogens with one attached hydrogen (secondary N) is 1. The number of carbonyl (C=O) groups is 2. The summed E-state index contributed by atoms with van der Waals surface area (Å²) in [6, 6.07) is 20.4. The van der Waals surface area contributed by atoms with Crippen LogP contribution >= 0.6 is 15.9 Å². The summed E-state index contributed by atoms with van der Waals surface area (Å²) in [4.78, 5) is 24.7. The molecule has 0 saturated carbocycles. The Morgan fingerprint density at radius 2 is 1.76 bits per heavy atom. The van der Waals surface area contributed by atoms with Gasteiger partial charge < -0.3 is 19.9 Å². The third-order valence-electron chi connectivity index (χ3n) is 6.65. The SMILES string of the molecule is COc1ccc(CC(NC(=O)OCC2c3ccccc3-c3ccccc32)C(=O)O)cc1Cn1cc(Br)cn1. The van der Waals surface area contributed by atoms with Crippen molar-refractivity contribution in [2.45, 2.75) is 24.9 Å². The third kappa shape index (κ3) is 5.43. The van der Waals surface area contributed by atoms with Gasteiger partial charge in [-0.05, 0) is 49.8 Å². The summed E-state index contributed by atoms with van der Waals surface area (Å²) in [5.41, 5.74) is 6.00. The number of halogens is 1. The fraction of sp³-hybridized carbons (Fsp3) is 0.207. The summed E-state index contributed by atoms with van der Waals surface area (Å²) >= 11 is 3.39. The number of hydrogen-bond donors (Lipinski definition) is 2.